The summed E-state index contributed by atoms with van der Waals surface area (Å²) in [6.07, 6.45) is 2.38. The summed E-state index contributed by atoms with van der Waals surface area (Å²) in [6, 6.07) is 10.9. The average Bonchev–Trinajstić information content (AvgIpc) is 3.23. The highest BCUT2D eigenvalue weighted by Gasteiger charge is 2.38. The first-order valence-electron chi connectivity index (χ1n) is 10.0. The lowest BCUT2D eigenvalue weighted by atomic mass is 10.1. The number of ether oxygens (including phenoxy) is 2. The molecule has 0 fully saturated rings. The summed E-state index contributed by atoms with van der Waals surface area (Å²) in [5.74, 6) is -1.27. The highest BCUT2D eigenvalue weighted by molar-refractivity contribution is 8.42. The Morgan fingerprint density at radius 2 is 2.00 bits per heavy atom. The van der Waals surface area contributed by atoms with E-state index < -0.39 is 21.7 Å². The van der Waals surface area contributed by atoms with Gasteiger partial charge in [-0.2, -0.15) is 10.0 Å². The largest absolute Gasteiger partial charge is 0.490 e. The maximum Gasteiger partial charge on any atom is 0.343 e. The fraction of sp³-hybridized carbons (Fsp3) is 0.136. The van der Waals surface area contributed by atoms with Crippen molar-refractivity contribution >= 4 is 66.5 Å². The lowest BCUT2D eigenvalue weighted by Gasteiger charge is -2.20. The second kappa shape index (κ2) is 9.64. The summed E-state index contributed by atoms with van der Waals surface area (Å²) in [7, 11) is -3.63. The lowest BCUT2D eigenvalue weighted by molar-refractivity contribution is -0.114. The number of aliphatic imine (C=N–C) groups is 1. The molecule has 0 aliphatic carbocycles. The van der Waals surface area contributed by atoms with Crippen LogP contribution in [0.1, 0.15) is 22.8 Å². The second-order valence-electron chi connectivity index (χ2n) is 7.20. The van der Waals surface area contributed by atoms with Crippen molar-refractivity contribution in [3.05, 3.63) is 64.2 Å². The number of nitrogens with zero attached hydrogens (tertiary/aromatic N) is 3. The van der Waals surface area contributed by atoms with E-state index in [9.17, 15) is 18.0 Å². The van der Waals surface area contributed by atoms with Crippen molar-refractivity contribution in [1.29, 1.82) is 5.41 Å². The Balaban J connectivity index is 1.63. The molecule has 2 aliphatic rings. The maximum atomic E-state index is 12.6. The molecular weight excluding hydrogens is 516 g/mol. The fourth-order valence-electron chi connectivity index (χ4n) is 3.03. The van der Waals surface area contributed by atoms with E-state index in [0.29, 0.717) is 22.3 Å². The van der Waals surface area contributed by atoms with E-state index in [-0.39, 0.29) is 44.6 Å². The van der Waals surface area contributed by atoms with Crippen molar-refractivity contribution in [2.24, 2.45) is 10.1 Å². The van der Waals surface area contributed by atoms with Gasteiger partial charge in [0.1, 0.15) is 0 Å². The number of benzene rings is 2. The van der Waals surface area contributed by atoms with Crippen molar-refractivity contribution in [3.8, 4) is 11.5 Å². The van der Waals surface area contributed by atoms with Gasteiger partial charge in [0, 0.05) is 11.3 Å². The molecule has 35 heavy (non-hydrogen) atoms. The number of esters is 1. The van der Waals surface area contributed by atoms with Gasteiger partial charge in [-0.25, -0.2) is 13.2 Å². The molecule has 2 heterocycles. The van der Waals surface area contributed by atoms with Crippen LogP contribution < -0.4 is 9.47 Å². The smallest absolute Gasteiger partial charge is 0.343 e. The number of halogens is 1. The zero-order chi connectivity index (χ0) is 25.3. The number of nitrogens with one attached hydrogen (secondary N) is 1. The van der Waals surface area contributed by atoms with Gasteiger partial charge in [-0.15, -0.1) is 5.10 Å². The van der Waals surface area contributed by atoms with Gasteiger partial charge in [0.15, 0.2) is 17.3 Å². The van der Waals surface area contributed by atoms with Gasteiger partial charge in [-0.05, 0) is 60.7 Å². The number of sulfone groups is 1. The van der Waals surface area contributed by atoms with Crippen LogP contribution in [0.2, 0.25) is 5.02 Å². The Bertz CT molecular complexity index is 1470. The van der Waals surface area contributed by atoms with Gasteiger partial charge in [-0.1, -0.05) is 23.7 Å². The fourth-order valence-corrected chi connectivity index (χ4v) is 4.91. The van der Waals surface area contributed by atoms with Crippen molar-refractivity contribution in [2.75, 3.05) is 12.9 Å². The van der Waals surface area contributed by atoms with Crippen LogP contribution in [0.3, 0.4) is 0 Å². The molecule has 0 bridgehead atoms. The Morgan fingerprint density at radius 3 is 2.69 bits per heavy atom. The monoisotopic (exact) mass is 532 g/mol. The Hall–Kier alpha value is -3.48. The standard InChI is InChI=1S/C22H17ClN4O6S2/c1-3-32-17-10-12(7-8-16(17)33-20(29)13-5-4-6-14(23)11-13)9-15-18(24)27-21(25-19(15)28)34-22(26-27)35(2,30)31/h4-11,24H,3H2,1-2H3/b15-9-,24-18?. The first-order chi connectivity index (χ1) is 16.6. The lowest BCUT2D eigenvalue weighted by Crippen LogP contribution is -2.35. The van der Waals surface area contributed by atoms with Crippen molar-refractivity contribution in [2.45, 2.75) is 6.92 Å². The molecule has 0 radical (unpaired) electrons. The van der Waals surface area contributed by atoms with Gasteiger partial charge in [0.2, 0.25) is 19.4 Å². The van der Waals surface area contributed by atoms with Gasteiger partial charge in [0.25, 0.3) is 5.91 Å². The van der Waals surface area contributed by atoms with Crippen molar-refractivity contribution in [1.82, 2.24) is 5.01 Å². The third kappa shape index (κ3) is 5.29. The molecule has 0 saturated carbocycles. The topological polar surface area (TPSA) is 139 Å². The molecule has 2 aromatic rings. The normalized spacial score (nSPS) is 16.7. The molecule has 1 amide bonds. The number of carbonyl (C=O) groups excluding carboxylic acids is 2. The number of hydrazone groups is 1. The Labute approximate surface area is 209 Å². The summed E-state index contributed by atoms with van der Waals surface area (Å²) >= 11 is 6.64. The minimum Gasteiger partial charge on any atom is -0.490 e. The van der Waals surface area contributed by atoms with Crippen LogP contribution in [0.4, 0.5) is 0 Å². The van der Waals surface area contributed by atoms with E-state index in [1.54, 1.807) is 37.3 Å². The highest BCUT2D eigenvalue weighted by Crippen LogP contribution is 2.33. The molecule has 10 nitrogen and oxygen atoms in total. The molecule has 1 N–H and O–H groups in total. The molecule has 0 saturated heterocycles. The minimum absolute atomic E-state index is 0.00384. The van der Waals surface area contributed by atoms with Gasteiger partial charge >= 0.3 is 5.97 Å². The van der Waals surface area contributed by atoms with Crippen LogP contribution in [0.5, 0.6) is 11.5 Å². The van der Waals surface area contributed by atoms with Crippen molar-refractivity contribution in [3.63, 3.8) is 0 Å². The van der Waals surface area contributed by atoms with E-state index in [0.717, 1.165) is 11.3 Å². The Morgan fingerprint density at radius 1 is 1.23 bits per heavy atom. The van der Waals surface area contributed by atoms with Gasteiger partial charge < -0.3 is 9.47 Å². The molecule has 180 valence electrons. The summed E-state index contributed by atoms with van der Waals surface area (Å²) < 4.78 is 34.4. The first kappa shape index (κ1) is 24.6. The molecule has 2 aliphatic heterocycles. The molecule has 4 rings (SSSR count). The zero-order valence-electron chi connectivity index (χ0n) is 18.3. The van der Waals surface area contributed by atoms with Crippen LogP contribution in [-0.2, 0) is 14.6 Å². The van der Waals surface area contributed by atoms with Gasteiger partial charge in [0.05, 0.1) is 17.7 Å². The quantitative estimate of drug-likeness (QED) is 0.350. The third-order valence-corrected chi connectivity index (χ3v) is 7.41. The molecule has 13 heteroatoms. The van der Waals surface area contributed by atoms with E-state index in [1.807, 2.05) is 0 Å². The van der Waals surface area contributed by atoms with Crippen LogP contribution in [0.15, 0.2) is 58.1 Å². The predicted octanol–water partition coefficient (Wildman–Crippen LogP) is 3.58. The van der Waals surface area contributed by atoms with E-state index >= 15 is 0 Å². The van der Waals surface area contributed by atoms with E-state index in [1.165, 1.54) is 18.2 Å². The summed E-state index contributed by atoms with van der Waals surface area (Å²) in [4.78, 5) is 28.9. The number of hydrogen-bond acceptors (Lipinski definition) is 9. The maximum absolute atomic E-state index is 12.6. The molecule has 0 spiro atoms. The number of amidine groups is 2. The molecule has 0 aromatic heterocycles. The van der Waals surface area contributed by atoms with Crippen LogP contribution in [0.25, 0.3) is 6.08 Å². The average molecular weight is 533 g/mol. The highest BCUT2D eigenvalue weighted by atomic mass is 35.5. The number of rotatable bonds is 5. The number of amides is 1. The molecule has 2 aromatic carbocycles. The third-order valence-electron chi connectivity index (χ3n) is 4.59. The van der Waals surface area contributed by atoms with Crippen LogP contribution >= 0.6 is 23.4 Å². The number of thioether (sulfide) groups is 1. The molecular formula is C22H17ClN4O6S2. The molecule has 0 atom stereocenters. The van der Waals surface area contributed by atoms with Crippen molar-refractivity contribution < 1.29 is 27.5 Å². The van der Waals surface area contributed by atoms with Gasteiger partial charge in [-0.3, -0.25) is 10.2 Å². The minimum atomic E-state index is -3.63. The predicted molar refractivity (Wildman–Crippen MR) is 134 cm³/mol. The first-order valence-corrected chi connectivity index (χ1v) is 13.1. The summed E-state index contributed by atoms with van der Waals surface area (Å²) in [5.41, 5.74) is 0.624. The van der Waals surface area contributed by atoms with E-state index in [4.69, 9.17) is 26.5 Å². The summed E-state index contributed by atoms with van der Waals surface area (Å²) in [5, 5.41) is 13.6. The second-order valence-corrected chi connectivity index (χ2v) is 10.8. The van der Waals surface area contributed by atoms with Crippen LogP contribution in [-0.4, -0.2) is 53.5 Å². The number of fused-ring (bicyclic) bond motifs is 1. The van der Waals surface area contributed by atoms with E-state index in [2.05, 4.69) is 10.1 Å². The van der Waals surface area contributed by atoms with Crippen LogP contribution in [0, 0.1) is 5.41 Å². The SMILES string of the molecule is CCOc1cc(/C=C2/C(=N)N3N=C(S(C)(=O)=O)SC3=NC2=O)ccc1OC(=O)c1cccc(Cl)c1. The molecule has 0 unspecified atom stereocenters. The Kier molecular flexibility index (Phi) is 6.79. The number of carbonyl (C=O) groups is 2. The number of hydrogen-bond donors (Lipinski definition) is 1. The summed E-state index contributed by atoms with van der Waals surface area (Å²) in [6.45, 7) is 2.03. The zero-order valence-corrected chi connectivity index (χ0v) is 20.7.